The lowest BCUT2D eigenvalue weighted by molar-refractivity contribution is -0.104. The van der Waals surface area contributed by atoms with Crippen molar-refractivity contribution < 1.29 is 4.79 Å². The number of hydrogen-bond donors (Lipinski definition) is 0. The van der Waals surface area contributed by atoms with Crippen LogP contribution < -0.4 is 0 Å². The minimum absolute atomic E-state index is 0.598. The summed E-state index contributed by atoms with van der Waals surface area (Å²) in [7, 11) is 0. The van der Waals surface area contributed by atoms with Crippen LogP contribution in [0, 0.1) is 5.92 Å². The molecule has 0 aromatic heterocycles. The van der Waals surface area contributed by atoms with Crippen molar-refractivity contribution in [2.75, 3.05) is 0 Å². The Morgan fingerprint density at radius 2 is 1.94 bits per heavy atom. The molecule has 0 saturated heterocycles. The van der Waals surface area contributed by atoms with Crippen LogP contribution in [0.5, 0.6) is 0 Å². The van der Waals surface area contributed by atoms with Gasteiger partial charge in [-0.05, 0) is 51.0 Å². The van der Waals surface area contributed by atoms with Gasteiger partial charge in [0.05, 0.1) is 0 Å². The van der Waals surface area contributed by atoms with Crippen molar-refractivity contribution in [3.05, 3.63) is 36.0 Å². The van der Waals surface area contributed by atoms with Crippen LogP contribution in [-0.4, -0.2) is 6.29 Å². The van der Waals surface area contributed by atoms with E-state index in [2.05, 4.69) is 26.5 Å². The predicted molar refractivity (Wildman–Crippen MR) is 71.4 cm³/mol. The van der Waals surface area contributed by atoms with Gasteiger partial charge in [0, 0.05) is 0 Å². The van der Waals surface area contributed by atoms with E-state index in [1.54, 1.807) is 0 Å². The fourth-order valence-electron chi connectivity index (χ4n) is 1.39. The Morgan fingerprint density at radius 1 is 1.25 bits per heavy atom. The monoisotopic (exact) mass is 220 g/mol. The molecule has 1 atom stereocenters. The van der Waals surface area contributed by atoms with Gasteiger partial charge in [-0.3, -0.25) is 4.79 Å². The molecule has 1 unspecified atom stereocenters. The highest BCUT2D eigenvalue weighted by atomic mass is 16.1. The summed E-state index contributed by atoms with van der Waals surface area (Å²) in [6.07, 6.45) is 11.5. The fourth-order valence-corrected chi connectivity index (χ4v) is 1.39. The van der Waals surface area contributed by atoms with Gasteiger partial charge in [0.2, 0.25) is 0 Å². The SMILES string of the molecule is C=CC(C)CC/C=C(/C)CC/C=C(\C)C=O. The number of carbonyl (C=O) groups is 1. The third kappa shape index (κ3) is 8.22. The number of rotatable bonds is 8. The minimum atomic E-state index is 0.598. The van der Waals surface area contributed by atoms with E-state index in [0.29, 0.717) is 5.92 Å². The molecule has 0 bridgehead atoms. The Balaban J connectivity index is 3.79. The smallest absolute Gasteiger partial charge is 0.145 e. The summed E-state index contributed by atoms with van der Waals surface area (Å²) in [5.41, 5.74) is 2.24. The first kappa shape index (κ1) is 14.9. The first-order valence-electron chi connectivity index (χ1n) is 6.00. The van der Waals surface area contributed by atoms with E-state index in [0.717, 1.165) is 31.1 Å². The lowest BCUT2D eigenvalue weighted by Gasteiger charge is -2.03. The Labute approximate surface area is 99.9 Å². The fraction of sp³-hybridized carbons (Fsp3) is 0.533. The van der Waals surface area contributed by atoms with Crippen LogP contribution in [-0.2, 0) is 4.79 Å². The Morgan fingerprint density at radius 3 is 2.50 bits per heavy atom. The van der Waals surface area contributed by atoms with Crippen LogP contribution in [0.4, 0.5) is 0 Å². The van der Waals surface area contributed by atoms with Crippen LogP contribution in [0.25, 0.3) is 0 Å². The standard InChI is InChI=1S/C15H24O/c1-5-13(2)8-6-9-14(3)10-7-11-15(4)12-16/h5,9,11-13H,1,6-8,10H2,2-4H3/b14-9-,15-11+. The van der Waals surface area contributed by atoms with Gasteiger partial charge in [0.15, 0.2) is 0 Å². The lowest BCUT2D eigenvalue weighted by atomic mass is 10.0. The number of hydrogen-bond acceptors (Lipinski definition) is 1. The molecule has 16 heavy (non-hydrogen) atoms. The van der Waals surface area contributed by atoms with Crippen LogP contribution in [0.1, 0.15) is 46.5 Å². The highest BCUT2D eigenvalue weighted by Gasteiger charge is 1.94. The highest BCUT2D eigenvalue weighted by molar-refractivity contribution is 5.71. The molecule has 0 rings (SSSR count). The molecule has 1 nitrogen and oxygen atoms in total. The normalized spacial score (nSPS) is 14.7. The zero-order chi connectivity index (χ0) is 12.4. The van der Waals surface area contributed by atoms with Gasteiger partial charge in [-0.1, -0.05) is 30.7 Å². The molecule has 0 N–H and O–H groups in total. The summed E-state index contributed by atoms with van der Waals surface area (Å²) in [4.78, 5) is 10.4. The molecule has 0 aliphatic rings. The van der Waals surface area contributed by atoms with Gasteiger partial charge in [-0.2, -0.15) is 0 Å². The Bertz CT molecular complexity index is 271. The van der Waals surface area contributed by atoms with Crippen molar-refractivity contribution in [2.24, 2.45) is 5.92 Å². The summed E-state index contributed by atoms with van der Waals surface area (Å²) < 4.78 is 0. The van der Waals surface area contributed by atoms with E-state index in [1.807, 2.05) is 19.1 Å². The second-order valence-electron chi connectivity index (χ2n) is 4.45. The van der Waals surface area contributed by atoms with E-state index >= 15 is 0 Å². The van der Waals surface area contributed by atoms with Crippen LogP contribution in [0.3, 0.4) is 0 Å². The third-order valence-electron chi connectivity index (χ3n) is 2.71. The zero-order valence-corrected chi connectivity index (χ0v) is 10.8. The molecule has 90 valence electrons. The molecular weight excluding hydrogens is 196 g/mol. The molecule has 0 heterocycles. The van der Waals surface area contributed by atoms with Crippen molar-refractivity contribution >= 4 is 6.29 Å². The first-order chi connectivity index (χ1) is 7.60. The summed E-state index contributed by atoms with van der Waals surface area (Å²) >= 11 is 0. The second kappa shape index (κ2) is 9.14. The maximum absolute atomic E-state index is 10.4. The van der Waals surface area contributed by atoms with Crippen molar-refractivity contribution in [2.45, 2.75) is 46.5 Å². The molecule has 0 aliphatic heterocycles. The Hall–Kier alpha value is -1.11. The predicted octanol–water partition coefficient (Wildman–Crippen LogP) is 4.46. The van der Waals surface area contributed by atoms with Crippen molar-refractivity contribution in [1.82, 2.24) is 0 Å². The van der Waals surface area contributed by atoms with Crippen LogP contribution >= 0.6 is 0 Å². The Kier molecular flexibility index (Phi) is 8.51. The third-order valence-corrected chi connectivity index (χ3v) is 2.71. The molecule has 0 aromatic rings. The molecule has 1 heteroatoms. The number of aldehydes is 1. The molecule has 0 amide bonds. The van der Waals surface area contributed by atoms with Crippen molar-refractivity contribution in [3.8, 4) is 0 Å². The van der Waals surface area contributed by atoms with E-state index < -0.39 is 0 Å². The molecule has 0 aliphatic carbocycles. The summed E-state index contributed by atoms with van der Waals surface area (Å²) in [6, 6.07) is 0. The molecule has 0 aromatic carbocycles. The first-order valence-corrected chi connectivity index (χ1v) is 6.00. The van der Waals surface area contributed by atoms with Crippen molar-refractivity contribution in [1.29, 1.82) is 0 Å². The van der Waals surface area contributed by atoms with E-state index in [9.17, 15) is 4.79 Å². The van der Waals surface area contributed by atoms with Crippen molar-refractivity contribution in [3.63, 3.8) is 0 Å². The van der Waals surface area contributed by atoms with Gasteiger partial charge >= 0.3 is 0 Å². The second-order valence-corrected chi connectivity index (χ2v) is 4.45. The zero-order valence-electron chi connectivity index (χ0n) is 10.8. The summed E-state index contributed by atoms with van der Waals surface area (Å²) in [5, 5.41) is 0. The number of allylic oxidation sites excluding steroid dienone is 5. The van der Waals surface area contributed by atoms with Gasteiger partial charge in [0.1, 0.15) is 6.29 Å². The van der Waals surface area contributed by atoms with E-state index in [4.69, 9.17) is 0 Å². The molecular formula is C15H24O. The number of carbonyl (C=O) groups excluding carboxylic acids is 1. The lowest BCUT2D eigenvalue weighted by Crippen LogP contribution is -1.87. The molecule has 0 spiro atoms. The van der Waals surface area contributed by atoms with Crippen LogP contribution in [0.15, 0.2) is 36.0 Å². The van der Waals surface area contributed by atoms with Gasteiger partial charge in [-0.25, -0.2) is 0 Å². The molecule has 0 fully saturated rings. The minimum Gasteiger partial charge on any atom is -0.298 e. The quantitative estimate of drug-likeness (QED) is 0.335. The maximum Gasteiger partial charge on any atom is 0.145 e. The van der Waals surface area contributed by atoms with E-state index in [1.165, 1.54) is 12.0 Å². The average Bonchev–Trinajstić information content (AvgIpc) is 2.28. The molecule has 0 saturated carbocycles. The molecule has 0 radical (unpaired) electrons. The van der Waals surface area contributed by atoms with E-state index in [-0.39, 0.29) is 0 Å². The summed E-state index contributed by atoms with van der Waals surface area (Å²) in [5.74, 6) is 0.598. The average molecular weight is 220 g/mol. The largest absolute Gasteiger partial charge is 0.298 e. The van der Waals surface area contributed by atoms with Crippen LogP contribution in [0.2, 0.25) is 0 Å². The van der Waals surface area contributed by atoms with Gasteiger partial charge in [-0.15, -0.1) is 6.58 Å². The van der Waals surface area contributed by atoms with Gasteiger partial charge in [0.25, 0.3) is 0 Å². The summed E-state index contributed by atoms with van der Waals surface area (Å²) in [6.45, 7) is 9.96. The topological polar surface area (TPSA) is 17.1 Å². The van der Waals surface area contributed by atoms with Gasteiger partial charge < -0.3 is 0 Å². The maximum atomic E-state index is 10.4. The highest BCUT2D eigenvalue weighted by Crippen LogP contribution is 2.11.